The summed E-state index contributed by atoms with van der Waals surface area (Å²) in [5.74, 6) is 0. The predicted octanol–water partition coefficient (Wildman–Crippen LogP) is 28.1. The maximum absolute atomic E-state index is 9.25. The monoisotopic (exact) mass is 1400 g/mol. The summed E-state index contributed by atoms with van der Waals surface area (Å²) >= 11 is 0. The van der Waals surface area contributed by atoms with Crippen molar-refractivity contribution in [3.05, 3.63) is 430 Å². The smallest absolute Gasteiger partial charge is 0.0992 e. The Morgan fingerprint density at radius 3 is 0.853 bits per heavy atom. The number of para-hydroxylation sites is 2. The maximum atomic E-state index is 9.25. The molecule has 0 N–H and O–H groups in total. The molecule has 0 fully saturated rings. The number of hydrogen-bond donors (Lipinski definition) is 0. The highest BCUT2D eigenvalue weighted by Crippen LogP contribution is 2.46. The predicted molar refractivity (Wildman–Crippen MR) is 465 cm³/mol. The second-order valence-electron chi connectivity index (χ2n) is 27.0. The van der Waals surface area contributed by atoms with Crippen LogP contribution in [0, 0.1) is 11.3 Å². The average molecular weight is 1400 g/mol. The third-order valence-corrected chi connectivity index (χ3v) is 20.4. The summed E-state index contributed by atoms with van der Waals surface area (Å²) in [5.41, 5.74) is 19.9. The van der Waals surface area contributed by atoms with Gasteiger partial charge in [-0.2, -0.15) is 5.26 Å². The van der Waals surface area contributed by atoms with Gasteiger partial charge in [0.2, 0.25) is 0 Å². The van der Waals surface area contributed by atoms with Gasteiger partial charge in [-0.3, -0.25) is 0 Å². The van der Waals surface area contributed by atoms with Gasteiger partial charge >= 0.3 is 0 Å². The second kappa shape index (κ2) is 31.9. The highest BCUT2D eigenvalue weighted by molar-refractivity contribution is 6.07. The lowest BCUT2D eigenvalue weighted by molar-refractivity contribution is 1.20. The Bertz CT molecular complexity index is 6020. The fraction of sp³-hybridized carbons (Fsp3) is 0.0294. The molecule has 7 heteroatoms. The van der Waals surface area contributed by atoms with Crippen molar-refractivity contribution in [2.75, 3.05) is 50.5 Å². The minimum absolute atomic E-state index is 0.652. The Balaban J connectivity index is 0.000000125. The number of nitriles is 1. The van der Waals surface area contributed by atoms with Crippen LogP contribution in [0.4, 0.5) is 85.3 Å². The zero-order chi connectivity index (χ0) is 73.8. The molecule has 0 saturated heterocycles. The molecule has 0 bridgehead atoms. The summed E-state index contributed by atoms with van der Waals surface area (Å²) in [6.07, 6.45) is 0. The fourth-order valence-corrected chi connectivity index (χ4v) is 14.8. The van der Waals surface area contributed by atoms with Crippen LogP contribution in [0.15, 0.2) is 425 Å². The molecule has 109 heavy (non-hydrogen) atoms. The quantitative estimate of drug-likeness (QED) is 0.0955. The van der Waals surface area contributed by atoms with Crippen molar-refractivity contribution in [2.45, 2.75) is 0 Å². The van der Waals surface area contributed by atoms with Gasteiger partial charge in [-0.15, -0.1) is 0 Å². The summed E-state index contributed by atoms with van der Waals surface area (Å²) < 4.78 is 0. The van der Waals surface area contributed by atoms with Crippen molar-refractivity contribution < 1.29 is 0 Å². The fourth-order valence-electron chi connectivity index (χ4n) is 14.8. The molecule has 0 aliphatic rings. The Morgan fingerprint density at radius 2 is 0.440 bits per heavy atom. The normalized spacial score (nSPS) is 10.9. The van der Waals surface area contributed by atoms with E-state index >= 15 is 0 Å². The molecule has 0 radical (unpaired) electrons. The van der Waals surface area contributed by atoms with Gasteiger partial charge in [0.05, 0.1) is 34.4 Å². The van der Waals surface area contributed by atoms with Crippen molar-refractivity contribution in [2.24, 2.45) is 0 Å². The van der Waals surface area contributed by atoms with Crippen LogP contribution in [0.1, 0.15) is 5.56 Å². The maximum Gasteiger partial charge on any atom is 0.0992 e. The topological polar surface area (TPSA) is 43.2 Å². The molecule has 0 saturated carbocycles. The Kier molecular flexibility index (Phi) is 20.2. The zero-order valence-corrected chi connectivity index (χ0v) is 61.0. The van der Waals surface area contributed by atoms with Crippen molar-refractivity contribution >= 4 is 139 Å². The standard InChI is InChI=1S/C37H28N2.C33H26N2.C32H25N3/c1-38(35-20-8-14-27-11-2-5-17-32(27)35)30-23-25-31(26-24-30)39(36-21-9-15-28-12-3-6-18-33(28)36)37-22-10-16-29-13-4-7-19-34(29)37;1-34(27-15-3-2-4-16-27)28-21-23-29(24-22-28)35(32-19-9-13-25-11-5-7-17-30(25)32)33-20-10-14-26-12-6-8-18-31(26)33;1-34(31-16-8-10-25(22-31)24-33)28-18-20-30(21-19-28)35(29-14-6-3-7-15-29)32-17-9-13-27(23-32)26-11-4-2-5-12-26/h2-26H,1H3;2-24H,1H3;2-23H,1H3. The molecule has 18 aromatic carbocycles. The van der Waals surface area contributed by atoms with E-state index in [1.54, 1.807) is 0 Å². The molecule has 0 atom stereocenters. The van der Waals surface area contributed by atoms with Gasteiger partial charge in [-0.05, 0) is 196 Å². The number of benzene rings is 18. The molecule has 0 amide bonds. The molecule has 0 heterocycles. The molecular formula is C102H79N7. The van der Waals surface area contributed by atoms with E-state index in [1.165, 1.54) is 99.1 Å². The minimum atomic E-state index is 0.652. The highest BCUT2D eigenvalue weighted by atomic mass is 15.2. The third kappa shape index (κ3) is 14.8. The van der Waals surface area contributed by atoms with E-state index in [4.69, 9.17) is 0 Å². The van der Waals surface area contributed by atoms with Gasteiger partial charge in [0.25, 0.3) is 0 Å². The lowest BCUT2D eigenvalue weighted by Crippen LogP contribution is -2.12. The molecule has 522 valence electrons. The highest BCUT2D eigenvalue weighted by Gasteiger charge is 2.22. The van der Waals surface area contributed by atoms with E-state index < -0.39 is 0 Å². The van der Waals surface area contributed by atoms with Gasteiger partial charge in [-0.1, -0.05) is 267 Å². The zero-order valence-electron chi connectivity index (χ0n) is 61.0. The summed E-state index contributed by atoms with van der Waals surface area (Å²) in [6.45, 7) is 0. The van der Waals surface area contributed by atoms with E-state index in [0.29, 0.717) is 5.56 Å². The summed E-state index contributed by atoms with van der Waals surface area (Å²) in [5, 5.41) is 21.6. The number of hydrogen-bond acceptors (Lipinski definition) is 7. The van der Waals surface area contributed by atoms with Crippen LogP contribution in [-0.4, -0.2) is 21.1 Å². The first-order chi connectivity index (χ1) is 53.8. The first-order valence-corrected chi connectivity index (χ1v) is 36.9. The van der Waals surface area contributed by atoms with Crippen LogP contribution in [0.2, 0.25) is 0 Å². The van der Waals surface area contributed by atoms with Gasteiger partial charge < -0.3 is 29.4 Å². The van der Waals surface area contributed by atoms with Gasteiger partial charge in [0, 0.05) is 111 Å². The van der Waals surface area contributed by atoms with Gasteiger partial charge in [0.15, 0.2) is 0 Å². The molecule has 0 aliphatic heterocycles. The van der Waals surface area contributed by atoms with Gasteiger partial charge in [0.1, 0.15) is 0 Å². The lowest BCUT2D eigenvalue weighted by Gasteiger charge is -2.29. The van der Waals surface area contributed by atoms with Crippen molar-refractivity contribution in [3.63, 3.8) is 0 Å². The molecule has 0 aromatic heterocycles. The second-order valence-corrected chi connectivity index (χ2v) is 27.0. The number of rotatable bonds is 16. The van der Waals surface area contributed by atoms with E-state index in [0.717, 1.165) is 51.2 Å². The molecule has 18 rings (SSSR count). The van der Waals surface area contributed by atoms with E-state index in [2.05, 4.69) is 432 Å². The summed E-state index contributed by atoms with van der Waals surface area (Å²) in [4.78, 5) is 13.6. The average Bonchev–Trinajstić information content (AvgIpc) is 0.769. The van der Waals surface area contributed by atoms with Crippen LogP contribution in [-0.2, 0) is 0 Å². The Hall–Kier alpha value is -14.5. The molecule has 0 aliphatic carbocycles. The van der Waals surface area contributed by atoms with Crippen molar-refractivity contribution in [1.82, 2.24) is 0 Å². The van der Waals surface area contributed by atoms with Crippen LogP contribution < -0.4 is 29.4 Å². The summed E-state index contributed by atoms with van der Waals surface area (Å²) in [6, 6.07) is 152. The molecule has 0 unspecified atom stereocenters. The Morgan fingerprint density at radius 1 is 0.183 bits per heavy atom. The first kappa shape index (κ1) is 68.9. The van der Waals surface area contributed by atoms with Crippen LogP contribution >= 0.6 is 0 Å². The molecule has 7 nitrogen and oxygen atoms in total. The Labute approximate surface area is 638 Å². The van der Waals surface area contributed by atoms with E-state index in [1.807, 2.05) is 49.5 Å². The van der Waals surface area contributed by atoms with Crippen molar-refractivity contribution in [1.29, 1.82) is 5.26 Å². The number of anilines is 15. The van der Waals surface area contributed by atoms with Crippen LogP contribution in [0.3, 0.4) is 0 Å². The van der Waals surface area contributed by atoms with E-state index in [9.17, 15) is 5.26 Å². The minimum Gasteiger partial charge on any atom is -0.345 e. The van der Waals surface area contributed by atoms with Gasteiger partial charge in [-0.25, -0.2) is 0 Å². The third-order valence-electron chi connectivity index (χ3n) is 20.4. The lowest BCUT2D eigenvalue weighted by atomic mass is 10.0. The van der Waals surface area contributed by atoms with Crippen LogP contribution in [0.25, 0.3) is 65.0 Å². The molecule has 0 spiro atoms. The van der Waals surface area contributed by atoms with Crippen molar-refractivity contribution in [3.8, 4) is 17.2 Å². The number of fused-ring (bicyclic) bond motifs is 5. The first-order valence-electron chi connectivity index (χ1n) is 36.9. The number of nitrogens with zero attached hydrogens (tertiary/aromatic N) is 7. The van der Waals surface area contributed by atoms with E-state index in [-0.39, 0.29) is 0 Å². The summed E-state index contributed by atoms with van der Waals surface area (Å²) in [7, 11) is 6.27. The van der Waals surface area contributed by atoms with Crippen LogP contribution in [0.5, 0.6) is 0 Å². The molecular weight excluding hydrogens is 1320 g/mol. The SMILES string of the molecule is CN(c1ccc(N(c2cccc3ccccc23)c2cccc3ccccc23)cc1)c1cccc2ccccc12.CN(c1ccc(N(c2ccccc2)c2cccc(-c3ccccc3)c2)cc1)c1cccc(C#N)c1.CN(c1ccccc1)c1ccc(N(c2cccc3ccccc23)c2cccc3ccccc23)cc1. The molecule has 18 aromatic rings. The largest absolute Gasteiger partial charge is 0.345 e.